The Balaban J connectivity index is 2.92. The molecule has 3 nitrogen and oxygen atoms in total. The van der Waals surface area contributed by atoms with Crippen LogP contribution in [-0.4, -0.2) is 11.4 Å². The first-order chi connectivity index (χ1) is 4.75. The maximum absolute atomic E-state index is 10.3. The predicted octanol–water partition coefficient (Wildman–Crippen LogP) is 1.29. The summed E-state index contributed by atoms with van der Waals surface area (Å²) in [5, 5.41) is 3.56. The molecule has 10 heavy (non-hydrogen) atoms. The lowest BCUT2D eigenvalue weighted by Gasteiger charge is -1.96. The van der Waals surface area contributed by atoms with Crippen molar-refractivity contribution in [1.29, 1.82) is 0 Å². The van der Waals surface area contributed by atoms with Gasteiger partial charge >= 0.3 is 0 Å². The summed E-state index contributed by atoms with van der Waals surface area (Å²) in [5.74, 6) is 0.617. The third kappa shape index (κ3) is 1.07. The smallest absolute Gasteiger partial charge is 0.137 e. The minimum Gasteiger partial charge on any atom is -0.361 e. The standard InChI is InChI=1S/C7H9NO2/c1-5(4-9)7-3-8-10-6(7)2/h3-5H,1-2H3. The summed E-state index contributed by atoms with van der Waals surface area (Å²) >= 11 is 0. The largest absolute Gasteiger partial charge is 0.361 e. The van der Waals surface area contributed by atoms with Crippen LogP contribution in [-0.2, 0) is 4.79 Å². The van der Waals surface area contributed by atoms with Gasteiger partial charge in [0.2, 0.25) is 0 Å². The van der Waals surface area contributed by atoms with Gasteiger partial charge in [-0.25, -0.2) is 0 Å². The molecule has 0 spiro atoms. The van der Waals surface area contributed by atoms with E-state index in [9.17, 15) is 4.79 Å². The van der Waals surface area contributed by atoms with Gasteiger partial charge in [0.05, 0.1) is 6.20 Å². The molecule has 0 fully saturated rings. The zero-order chi connectivity index (χ0) is 7.56. The second-order valence-electron chi connectivity index (χ2n) is 2.26. The average molecular weight is 139 g/mol. The highest BCUT2D eigenvalue weighted by Crippen LogP contribution is 2.15. The van der Waals surface area contributed by atoms with E-state index >= 15 is 0 Å². The van der Waals surface area contributed by atoms with Crippen molar-refractivity contribution in [2.75, 3.05) is 0 Å². The molecule has 0 saturated carbocycles. The third-order valence-corrected chi connectivity index (χ3v) is 1.48. The quantitative estimate of drug-likeness (QED) is 0.580. The van der Waals surface area contributed by atoms with Gasteiger partial charge in [-0.1, -0.05) is 12.1 Å². The molecule has 1 aromatic rings. The van der Waals surface area contributed by atoms with E-state index in [1.54, 1.807) is 13.1 Å². The molecule has 0 aliphatic carbocycles. The molecule has 0 radical (unpaired) electrons. The fourth-order valence-corrected chi connectivity index (χ4v) is 0.817. The summed E-state index contributed by atoms with van der Waals surface area (Å²) in [6.07, 6.45) is 2.45. The number of hydrogen-bond acceptors (Lipinski definition) is 3. The van der Waals surface area contributed by atoms with Gasteiger partial charge in [-0.05, 0) is 6.92 Å². The fourth-order valence-electron chi connectivity index (χ4n) is 0.817. The minimum atomic E-state index is -0.105. The molecule has 0 saturated heterocycles. The summed E-state index contributed by atoms with van der Waals surface area (Å²) in [5.41, 5.74) is 0.870. The first-order valence-electron chi connectivity index (χ1n) is 3.12. The number of aldehydes is 1. The Morgan fingerprint density at radius 3 is 2.90 bits per heavy atom. The van der Waals surface area contributed by atoms with E-state index in [-0.39, 0.29) is 5.92 Å². The summed E-state index contributed by atoms with van der Waals surface area (Å²) in [6.45, 7) is 3.61. The van der Waals surface area contributed by atoms with Crippen LogP contribution in [0.1, 0.15) is 24.2 Å². The molecule has 0 N–H and O–H groups in total. The van der Waals surface area contributed by atoms with Gasteiger partial charge in [-0.2, -0.15) is 0 Å². The predicted molar refractivity (Wildman–Crippen MR) is 35.7 cm³/mol. The van der Waals surface area contributed by atoms with E-state index in [4.69, 9.17) is 4.52 Å². The lowest BCUT2D eigenvalue weighted by atomic mass is 10.1. The Hall–Kier alpha value is -1.12. The van der Waals surface area contributed by atoms with Crippen LogP contribution in [0.25, 0.3) is 0 Å². The van der Waals surface area contributed by atoms with Crippen molar-refractivity contribution in [2.24, 2.45) is 0 Å². The van der Waals surface area contributed by atoms with Crippen molar-refractivity contribution >= 4 is 6.29 Å². The number of nitrogens with zero attached hydrogens (tertiary/aromatic N) is 1. The zero-order valence-electron chi connectivity index (χ0n) is 6.00. The van der Waals surface area contributed by atoms with Gasteiger partial charge in [-0.15, -0.1) is 0 Å². The number of rotatable bonds is 2. The SMILES string of the molecule is Cc1oncc1C(C)C=O. The van der Waals surface area contributed by atoms with Crippen LogP contribution in [0.5, 0.6) is 0 Å². The molecule has 0 amide bonds. The van der Waals surface area contributed by atoms with Gasteiger partial charge in [0.25, 0.3) is 0 Å². The lowest BCUT2D eigenvalue weighted by molar-refractivity contribution is -0.108. The normalized spacial score (nSPS) is 13.0. The maximum Gasteiger partial charge on any atom is 0.137 e. The summed E-state index contributed by atoms with van der Waals surface area (Å²) < 4.78 is 4.78. The molecule has 1 unspecified atom stereocenters. The highest BCUT2D eigenvalue weighted by Gasteiger charge is 2.09. The number of aryl methyl sites for hydroxylation is 1. The van der Waals surface area contributed by atoms with E-state index in [0.717, 1.165) is 17.6 Å². The van der Waals surface area contributed by atoms with E-state index < -0.39 is 0 Å². The van der Waals surface area contributed by atoms with E-state index in [2.05, 4.69) is 5.16 Å². The number of hydrogen-bond donors (Lipinski definition) is 0. The maximum atomic E-state index is 10.3. The summed E-state index contributed by atoms with van der Waals surface area (Å²) in [6, 6.07) is 0. The van der Waals surface area contributed by atoms with E-state index in [0.29, 0.717) is 0 Å². The Labute approximate surface area is 59.0 Å². The van der Waals surface area contributed by atoms with E-state index in [1.807, 2.05) is 6.92 Å². The third-order valence-electron chi connectivity index (χ3n) is 1.48. The first-order valence-corrected chi connectivity index (χ1v) is 3.12. The molecular formula is C7H9NO2. The van der Waals surface area contributed by atoms with Crippen molar-refractivity contribution in [3.63, 3.8) is 0 Å². The number of carbonyl (C=O) groups excluding carboxylic acids is 1. The second-order valence-corrected chi connectivity index (χ2v) is 2.26. The number of carbonyl (C=O) groups is 1. The van der Waals surface area contributed by atoms with Crippen molar-refractivity contribution in [1.82, 2.24) is 5.16 Å². The monoisotopic (exact) mass is 139 g/mol. The molecule has 1 rings (SSSR count). The molecule has 1 aromatic heterocycles. The van der Waals surface area contributed by atoms with Gasteiger partial charge in [0.15, 0.2) is 0 Å². The van der Waals surface area contributed by atoms with Crippen LogP contribution in [0.3, 0.4) is 0 Å². The molecule has 1 heterocycles. The average Bonchev–Trinajstić information content (AvgIpc) is 2.34. The molecule has 1 atom stereocenters. The second kappa shape index (κ2) is 2.64. The van der Waals surface area contributed by atoms with Gasteiger partial charge in [-0.3, -0.25) is 0 Å². The van der Waals surface area contributed by atoms with Crippen LogP contribution >= 0.6 is 0 Å². The van der Waals surface area contributed by atoms with Crippen LogP contribution in [0, 0.1) is 6.92 Å². The van der Waals surface area contributed by atoms with Gasteiger partial charge in [0, 0.05) is 11.5 Å². The molecule has 0 aliphatic rings. The Bertz CT molecular complexity index is 229. The van der Waals surface area contributed by atoms with Gasteiger partial charge < -0.3 is 9.32 Å². The molecule has 54 valence electrons. The first kappa shape index (κ1) is 6.99. The zero-order valence-corrected chi connectivity index (χ0v) is 6.00. The summed E-state index contributed by atoms with van der Waals surface area (Å²) in [4.78, 5) is 10.3. The van der Waals surface area contributed by atoms with Crippen molar-refractivity contribution in [3.05, 3.63) is 17.5 Å². The Kier molecular flexibility index (Phi) is 1.85. The summed E-state index contributed by atoms with van der Waals surface area (Å²) in [7, 11) is 0. The lowest BCUT2D eigenvalue weighted by Crippen LogP contribution is -1.93. The van der Waals surface area contributed by atoms with Crippen LogP contribution in [0.2, 0.25) is 0 Å². The highest BCUT2D eigenvalue weighted by molar-refractivity contribution is 5.61. The fraction of sp³-hybridized carbons (Fsp3) is 0.429. The van der Waals surface area contributed by atoms with Crippen molar-refractivity contribution in [2.45, 2.75) is 19.8 Å². The molecule has 0 bridgehead atoms. The van der Waals surface area contributed by atoms with E-state index in [1.165, 1.54) is 0 Å². The van der Waals surface area contributed by atoms with Crippen LogP contribution in [0.15, 0.2) is 10.7 Å². The minimum absolute atomic E-state index is 0.105. The van der Waals surface area contributed by atoms with Crippen molar-refractivity contribution < 1.29 is 9.32 Å². The highest BCUT2D eigenvalue weighted by atomic mass is 16.5. The van der Waals surface area contributed by atoms with Gasteiger partial charge in [0.1, 0.15) is 12.0 Å². The number of aromatic nitrogens is 1. The topological polar surface area (TPSA) is 43.1 Å². The van der Waals surface area contributed by atoms with Crippen LogP contribution < -0.4 is 0 Å². The van der Waals surface area contributed by atoms with Crippen molar-refractivity contribution in [3.8, 4) is 0 Å². The Morgan fingerprint density at radius 2 is 2.50 bits per heavy atom. The molecule has 0 aromatic carbocycles. The molecule has 0 aliphatic heterocycles. The Morgan fingerprint density at radius 1 is 1.80 bits per heavy atom. The van der Waals surface area contributed by atoms with Crippen LogP contribution in [0.4, 0.5) is 0 Å². The molecule has 3 heteroatoms. The molecular weight excluding hydrogens is 130 g/mol.